The van der Waals surface area contributed by atoms with Crippen molar-refractivity contribution in [1.82, 2.24) is 0 Å². The number of rotatable bonds is 2. The van der Waals surface area contributed by atoms with E-state index in [9.17, 15) is 0 Å². The fraction of sp³-hybridized carbons (Fsp3) is 0.368. The van der Waals surface area contributed by atoms with E-state index in [0.717, 1.165) is 6.42 Å². The van der Waals surface area contributed by atoms with Crippen LogP contribution in [0.15, 0.2) is 42.5 Å². The van der Waals surface area contributed by atoms with Gasteiger partial charge in [-0.1, -0.05) is 63.2 Å². The van der Waals surface area contributed by atoms with Crippen LogP contribution < -0.4 is 0 Å². The summed E-state index contributed by atoms with van der Waals surface area (Å²) in [5, 5.41) is 0. The van der Waals surface area contributed by atoms with Crippen molar-refractivity contribution in [3.8, 4) is 11.1 Å². The normalized spacial score (nSPS) is 13.2. The van der Waals surface area contributed by atoms with Gasteiger partial charge in [0.1, 0.15) is 0 Å². The van der Waals surface area contributed by atoms with Gasteiger partial charge in [-0.25, -0.2) is 0 Å². The maximum atomic E-state index is 2.32. The first-order valence-corrected chi connectivity index (χ1v) is 7.24. The molecule has 0 nitrogen and oxygen atoms in total. The van der Waals surface area contributed by atoms with Crippen LogP contribution >= 0.6 is 0 Å². The van der Waals surface area contributed by atoms with E-state index < -0.39 is 0 Å². The van der Waals surface area contributed by atoms with Crippen LogP contribution in [0.25, 0.3) is 11.1 Å². The highest BCUT2D eigenvalue weighted by Crippen LogP contribution is 2.38. The third kappa shape index (κ3) is 2.45. The van der Waals surface area contributed by atoms with Gasteiger partial charge in [0.25, 0.3) is 0 Å². The van der Waals surface area contributed by atoms with Gasteiger partial charge in [0.15, 0.2) is 0 Å². The maximum Gasteiger partial charge on any atom is -0.00107 e. The minimum Gasteiger partial charge on any atom is -0.0619 e. The monoisotopic (exact) mass is 250 g/mol. The summed E-state index contributed by atoms with van der Waals surface area (Å²) in [7, 11) is 0. The SMILES string of the molecule is CC(C)(C)CCc1cccc2c1Cc1ccccc1-2. The molecule has 0 atom stereocenters. The van der Waals surface area contributed by atoms with Crippen LogP contribution in [0, 0.1) is 5.41 Å². The third-order valence-corrected chi connectivity index (χ3v) is 4.09. The van der Waals surface area contributed by atoms with E-state index in [0.29, 0.717) is 5.41 Å². The fourth-order valence-electron chi connectivity index (χ4n) is 2.97. The second-order valence-electron chi connectivity index (χ2n) is 6.84. The van der Waals surface area contributed by atoms with Crippen molar-refractivity contribution in [2.75, 3.05) is 0 Å². The molecule has 98 valence electrons. The molecule has 1 aliphatic rings. The molecule has 1 aliphatic carbocycles. The lowest BCUT2D eigenvalue weighted by atomic mass is 9.87. The van der Waals surface area contributed by atoms with Crippen LogP contribution in [0.1, 0.15) is 43.9 Å². The van der Waals surface area contributed by atoms with Gasteiger partial charge >= 0.3 is 0 Å². The van der Waals surface area contributed by atoms with Gasteiger partial charge in [-0.3, -0.25) is 0 Å². The van der Waals surface area contributed by atoms with Crippen molar-refractivity contribution in [1.29, 1.82) is 0 Å². The highest BCUT2D eigenvalue weighted by molar-refractivity contribution is 5.77. The standard InChI is InChI=1S/C19H22/c1-19(2,3)12-11-14-8-6-10-17-16-9-5-4-7-15(16)13-18(14)17/h4-10H,11-13H2,1-3H3. The van der Waals surface area contributed by atoms with E-state index in [1.54, 1.807) is 11.1 Å². The highest BCUT2D eigenvalue weighted by atomic mass is 14.2. The Labute approximate surface area is 116 Å². The minimum absolute atomic E-state index is 0.411. The Morgan fingerprint density at radius 1 is 0.895 bits per heavy atom. The summed E-state index contributed by atoms with van der Waals surface area (Å²) in [4.78, 5) is 0. The highest BCUT2D eigenvalue weighted by Gasteiger charge is 2.21. The fourth-order valence-corrected chi connectivity index (χ4v) is 2.97. The van der Waals surface area contributed by atoms with Crippen LogP contribution in [-0.4, -0.2) is 0 Å². The average molecular weight is 250 g/mol. The van der Waals surface area contributed by atoms with Gasteiger partial charge in [-0.15, -0.1) is 0 Å². The third-order valence-electron chi connectivity index (χ3n) is 4.09. The van der Waals surface area contributed by atoms with Crippen molar-refractivity contribution < 1.29 is 0 Å². The molecular formula is C19H22. The van der Waals surface area contributed by atoms with Crippen molar-refractivity contribution in [3.63, 3.8) is 0 Å². The summed E-state index contributed by atoms with van der Waals surface area (Å²) in [6.07, 6.45) is 3.56. The Morgan fingerprint density at radius 3 is 2.42 bits per heavy atom. The molecule has 0 heterocycles. The van der Waals surface area contributed by atoms with Crippen LogP contribution in [0.5, 0.6) is 0 Å². The first-order valence-electron chi connectivity index (χ1n) is 7.24. The van der Waals surface area contributed by atoms with E-state index in [2.05, 4.69) is 63.2 Å². The largest absolute Gasteiger partial charge is 0.0619 e. The van der Waals surface area contributed by atoms with E-state index in [-0.39, 0.29) is 0 Å². The van der Waals surface area contributed by atoms with Gasteiger partial charge in [0.05, 0.1) is 0 Å². The lowest BCUT2D eigenvalue weighted by Gasteiger charge is -2.19. The molecule has 3 rings (SSSR count). The molecule has 0 saturated carbocycles. The summed E-state index contributed by atoms with van der Waals surface area (Å²) in [5.41, 5.74) is 7.91. The molecule has 0 aromatic heterocycles. The summed E-state index contributed by atoms with van der Waals surface area (Å²) in [6, 6.07) is 15.6. The Bertz CT molecular complexity index is 600. The first-order chi connectivity index (χ1) is 9.04. The summed E-state index contributed by atoms with van der Waals surface area (Å²) in [6.45, 7) is 6.97. The van der Waals surface area contributed by atoms with Crippen LogP contribution in [0.2, 0.25) is 0 Å². The molecular weight excluding hydrogens is 228 g/mol. The van der Waals surface area contributed by atoms with Gasteiger partial charge in [0, 0.05) is 0 Å². The van der Waals surface area contributed by atoms with Crippen LogP contribution in [0.4, 0.5) is 0 Å². The predicted octanol–water partition coefficient (Wildman–Crippen LogP) is 5.24. The summed E-state index contributed by atoms with van der Waals surface area (Å²) < 4.78 is 0. The van der Waals surface area contributed by atoms with Crippen LogP contribution in [0.3, 0.4) is 0 Å². The molecule has 0 aliphatic heterocycles. The summed E-state index contributed by atoms with van der Waals surface area (Å²) in [5.74, 6) is 0. The van der Waals surface area contributed by atoms with E-state index in [4.69, 9.17) is 0 Å². The number of aryl methyl sites for hydroxylation is 1. The minimum atomic E-state index is 0.411. The molecule has 0 radical (unpaired) electrons. The quantitative estimate of drug-likeness (QED) is 0.583. The Hall–Kier alpha value is -1.56. The molecule has 0 bridgehead atoms. The Morgan fingerprint density at radius 2 is 1.63 bits per heavy atom. The molecule has 2 aromatic carbocycles. The molecule has 0 fully saturated rings. The molecule has 19 heavy (non-hydrogen) atoms. The molecule has 0 unspecified atom stereocenters. The molecule has 0 heteroatoms. The number of hydrogen-bond donors (Lipinski definition) is 0. The van der Waals surface area contributed by atoms with Gasteiger partial charge in [-0.2, -0.15) is 0 Å². The molecule has 0 amide bonds. The Kier molecular flexibility index (Phi) is 2.97. The van der Waals surface area contributed by atoms with Gasteiger partial charge in [0.2, 0.25) is 0 Å². The zero-order chi connectivity index (χ0) is 13.5. The van der Waals surface area contributed by atoms with Crippen molar-refractivity contribution in [3.05, 3.63) is 59.2 Å². The second kappa shape index (κ2) is 4.52. The average Bonchev–Trinajstić information content (AvgIpc) is 2.74. The number of hydrogen-bond acceptors (Lipinski definition) is 0. The van der Waals surface area contributed by atoms with E-state index in [1.165, 1.54) is 29.5 Å². The first kappa shape index (κ1) is 12.5. The van der Waals surface area contributed by atoms with Crippen molar-refractivity contribution in [2.45, 2.75) is 40.0 Å². The molecule has 0 spiro atoms. The Balaban J connectivity index is 1.95. The zero-order valence-electron chi connectivity index (χ0n) is 12.2. The smallest absolute Gasteiger partial charge is 0.00107 e. The maximum absolute atomic E-state index is 2.32. The lowest BCUT2D eigenvalue weighted by molar-refractivity contribution is 0.378. The molecule has 2 aromatic rings. The predicted molar refractivity (Wildman–Crippen MR) is 82.5 cm³/mol. The topological polar surface area (TPSA) is 0 Å². The number of fused-ring (bicyclic) bond motifs is 3. The second-order valence-corrected chi connectivity index (χ2v) is 6.84. The van der Waals surface area contributed by atoms with E-state index >= 15 is 0 Å². The van der Waals surface area contributed by atoms with Crippen LogP contribution in [-0.2, 0) is 12.8 Å². The van der Waals surface area contributed by atoms with Gasteiger partial charge < -0.3 is 0 Å². The van der Waals surface area contributed by atoms with E-state index in [1.807, 2.05) is 0 Å². The zero-order valence-corrected chi connectivity index (χ0v) is 12.2. The summed E-state index contributed by atoms with van der Waals surface area (Å²) >= 11 is 0. The van der Waals surface area contributed by atoms with Crippen molar-refractivity contribution in [2.24, 2.45) is 5.41 Å². The number of benzene rings is 2. The van der Waals surface area contributed by atoms with Gasteiger partial charge in [-0.05, 0) is 52.5 Å². The molecule has 0 N–H and O–H groups in total. The van der Waals surface area contributed by atoms with Crippen molar-refractivity contribution >= 4 is 0 Å². The lowest BCUT2D eigenvalue weighted by Crippen LogP contribution is -2.07. The molecule has 0 saturated heterocycles.